The maximum atomic E-state index is 12.7. The van der Waals surface area contributed by atoms with E-state index in [0.29, 0.717) is 17.5 Å². The van der Waals surface area contributed by atoms with E-state index in [4.69, 9.17) is 0 Å². The molecule has 1 heterocycles. The Morgan fingerprint density at radius 1 is 1.10 bits per heavy atom. The molecule has 1 aliphatic carbocycles. The van der Waals surface area contributed by atoms with Crippen LogP contribution in [0.25, 0.3) is 11.0 Å². The summed E-state index contributed by atoms with van der Waals surface area (Å²) in [7, 11) is 2.02. The Bertz CT molecular complexity index is 984. The molecule has 0 aliphatic heterocycles. The van der Waals surface area contributed by atoms with Crippen LogP contribution in [-0.2, 0) is 0 Å². The molecule has 1 fully saturated rings. The van der Waals surface area contributed by atoms with Crippen LogP contribution in [0.2, 0.25) is 0 Å². The van der Waals surface area contributed by atoms with Crippen molar-refractivity contribution in [3.8, 4) is 0 Å². The van der Waals surface area contributed by atoms with E-state index in [9.17, 15) is 4.79 Å². The third kappa shape index (κ3) is 4.29. The first-order chi connectivity index (χ1) is 14.0. The Kier molecular flexibility index (Phi) is 5.56. The normalized spacial score (nSPS) is 15.0. The van der Waals surface area contributed by atoms with Gasteiger partial charge in [0.1, 0.15) is 0 Å². The standard InChI is InChI=1S/C24H30N4O/c1-16(2)28(3)24-26-21-14-13-20(15-22(21)27-24)25-23(29)19-11-9-18(10-12-19)17-7-5-4-6-8-17/h9-17H,4-8H2,1-3H3,(H,25,29)(H,26,27). The first-order valence-corrected chi connectivity index (χ1v) is 10.6. The Morgan fingerprint density at radius 3 is 2.52 bits per heavy atom. The van der Waals surface area contributed by atoms with Crippen molar-refractivity contribution < 1.29 is 4.79 Å². The number of aromatic nitrogens is 2. The Morgan fingerprint density at radius 2 is 1.83 bits per heavy atom. The van der Waals surface area contributed by atoms with E-state index in [1.165, 1.54) is 37.7 Å². The number of aromatic amines is 1. The van der Waals surface area contributed by atoms with Crippen molar-refractivity contribution in [2.45, 2.75) is 57.9 Å². The fraction of sp³-hybridized carbons (Fsp3) is 0.417. The highest BCUT2D eigenvalue weighted by atomic mass is 16.1. The minimum atomic E-state index is -0.0846. The predicted molar refractivity (Wildman–Crippen MR) is 120 cm³/mol. The first kappa shape index (κ1) is 19.5. The zero-order chi connectivity index (χ0) is 20.4. The van der Waals surface area contributed by atoms with Gasteiger partial charge in [0.05, 0.1) is 11.0 Å². The van der Waals surface area contributed by atoms with Crippen LogP contribution in [-0.4, -0.2) is 29.0 Å². The molecule has 0 atom stereocenters. The molecule has 1 aromatic heterocycles. The summed E-state index contributed by atoms with van der Waals surface area (Å²) in [5.41, 5.74) is 4.62. The second-order valence-electron chi connectivity index (χ2n) is 8.41. The lowest BCUT2D eigenvalue weighted by Crippen LogP contribution is -2.26. The number of carbonyl (C=O) groups is 1. The van der Waals surface area contributed by atoms with Gasteiger partial charge in [0.15, 0.2) is 0 Å². The molecule has 0 radical (unpaired) electrons. The molecular weight excluding hydrogens is 360 g/mol. The van der Waals surface area contributed by atoms with E-state index in [-0.39, 0.29) is 5.91 Å². The molecule has 1 saturated carbocycles. The third-order valence-corrected chi connectivity index (χ3v) is 6.09. The van der Waals surface area contributed by atoms with Crippen molar-refractivity contribution in [2.24, 2.45) is 0 Å². The number of amides is 1. The summed E-state index contributed by atoms with van der Waals surface area (Å²) < 4.78 is 0. The lowest BCUT2D eigenvalue weighted by molar-refractivity contribution is 0.102. The van der Waals surface area contributed by atoms with Crippen LogP contribution in [0.4, 0.5) is 11.6 Å². The van der Waals surface area contributed by atoms with Gasteiger partial charge in [-0.25, -0.2) is 4.98 Å². The van der Waals surface area contributed by atoms with Crippen molar-refractivity contribution in [1.82, 2.24) is 9.97 Å². The highest BCUT2D eigenvalue weighted by Crippen LogP contribution is 2.32. The van der Waals surface area contributed by atoms with Gasteiger partial charge in [-0.05, 0) is 68.5 Å². The van der Waals surface area contributed by atoms with Gasteiger partial charge in [-0.15, -0.1) is 0 Å². The highest BCUT2D eigenvalue weighted by molar-refractivity contribution is 6.05. The lowest BCUT2D eigenvalue weighted by atomic mass is 9.84. The largest absolute Gasteiger partial charge is 0.343 e. The number of carbonyl (C=O) groups excluding carboxylic acids is 1. The SMILES string of the molecule is CC(C)N(C)c1nc2ccc(NC(=O)c3ccc(C4CCCCC4)cc3)cc2[nH]1. The zero-order valence-electron chi connectivity index (χ0n) is 17.5. The molecular formula is C24H30N4O. The Labute approximate surface area is 172 Å². The molecule has 3 aromatic rings. The number of nitrogens with one attached hydrogen (secondary N) is 2. The molecule has 152 valence electrons. The van der Waals surface area contributed by atoms with Crippen LogP contribution in [0.15, 0.2) is 42.5 Å². The molecule has 5 nitrogen and oxygen atoms in total. The second-order valence-corrected chi connectivity index (χ2v) is 8.41. The van der Waals surface area contributed by atoms with Crippen LogP contribution >= 0.6 is 0 Å². The van der Waals surface area contributed by atoms with E-state index in [1.807, 2.05) is 37.4 Å². The minimum absolute atomic E-state index is 0.0846. The summed E-state index contributed by atoms with van der Waals surface area (Å²) in [5, 5.41) is 3.01. The van der Waals surface area contributed by atoms with Crippen molar-refractivity contribution >= 4 is 28.6 Å². The summed E-state index contributed by atoms with van der Waals surface area (Å²) >= 11 is 0. The summed E-state index contributed by atoms with van der Waals surface area (Å²) in [5.74, 6) is 1.40. The molecule has 2 N–H and O–H groups in total. The number of rotatable bonds is 5. The maximum Gasteiger partial charge on any atom is 0.255 e. The van der Waals surface area contributed by atoms with Gasteiger partial charge in [-0.2, -0.15) is 0 Å². The smallest absolute Gasteiger partial charge is 0.255 e. The summed E-state index contributed by atoms with van der Waals surface area (Å²) in [6.07, 6.45) is 6.52. The maximum absolute atomic E-state index is 12.7. The molecule has 0 spiro atoms. The molecule has 0 bridgehead atoms. The van der Waals surface area contributed by atoms with Gasteiger partial charge >= 0.3 is 0 Å². The summed E-state index contributed by atoms with van der Waals surface area (Å²) in [4.78, 5) is 22.7. The molecule has 1 amide bonds. The monoisotopic (exact) mass is 390 g/mol. The average Bonchev–Trinajstić information content (AvgIpc) is 3.17. The fourth-order valence-corrected chi connectivity index (χ4v) is 4.03. The van der Waals surface area contributed by atoms with Crippen molar-refractivity contribution in [2.75, 3.05) is 17.3 Å². The first-order valence-electron chi connectivity index (χ1n) is 10.6. The van der Waals surface area contributed by atoms with Gasteiger partial charge in [-0.1, -0.05) is 31.4 Å². The minimum Gasteiger partial charge on any atom is -0.343 e. The molecule has 4 rings (SSSR count). The average molecular weight is 391 g/mol. The number of anilines is 2. The number of hydrogen-bond donors (Lipinski definition) is 2. The van der Waals surface area contributed by atoms with Crippen LogP contribution in [0, 0.1) is 0 Å². The van der Waals surface area contributed by atoms with Gasteiger partial charge in [0.25, 0.3) is 5.91 Å². The van der Waals surface area contributed by atoms with E-state index in [2.05, 4.69) is 46.2 Å². The number of fused-ring (bicyclic) bond motifs is 1. The second kappa shape index (κ2) is 8.27. The molecule has 1 aliphatic rings. The van der Waals surface area contributed by atoms with Crippen molar-refractivity contribution in [3.63, 3.8) is 0 Å². The van der Waals surface area contributed by atoms with Gasteiger partial charge < -0.3 is 15.2 Å². The van der Waals surface area contributed by atoms with Gasteiger partial charge in [-0.3, -0.25) is 4.79 Å². The number of nitrogens with zero attached hydrogens (tertiary/aromatic N) is 2. The van der Waals surface area contributed by atoms with Crippen LogP contribution in [0.3, 0.4) is 0 Å². The van der Waals surface area contributed by atoms with Crippen molar-refractivity contribution in [1.29, 1.82) is 0 Å². The van der Waals surface area contributed by atoms with E-state index in [1.54, 1.807) is 0 Å². The number of hydrogen-bond acceptors (Lipinski definition) is 3. The lowest BCUT2D eigenvalue weighted by Gasteiger charge is -2.22. The fourth-order valence-electron chi connectivity index (χ4n) is 4.03. The Balaban J connectivity index is 1.46. The molecule has 29 heavy (non-hydrogen) atoms. The van der Waals surface area contributed by atoms with Crippen LogP contribution in [0.5, 0.6) is 0 Å². The third-order valence-electron chi connectivity index (χ3n) is 6.09. The van der Waals surface area contributed by atoms with E-state index >= 15 is 0 Å². The number of benzene rings is 2. The topological polar surface area (TPSA) is 61.0 Å². The molecule has 0 saturated heterocycles. The predicted octanol–water partition coefficient (Wildman–Crippen LogP) is 5.71. The van der Waals surface area contributed by atoms with E-state index < -0.39 is 0 Å². The summed E-state index contributed by atoms with van der Waals surface area (Å²) in [6, 6.07) is 14.3. The van der Waals surface area contributed by atoms with Crippen LogP contribution in [0.1, 0.15) is 67.8 Å². The van der Waals surface area contributed by atoms with Crippen molar-refractivity contribution in [3.05, 3.63) is 53.6 Å². The Hall–Kier alpha value is -2.82. The quantitative estimate of drug-likeness (QED) is 0.587. The molecule has 2 aromatic carbocycles. The number of imidazole rings is 1. The molecule has 0 unspecified atom stereocenters. The van der Waals surface area contributed by atoms with E-state index in [0.717, 1.165) is 22.7 Å². The van der Waals surface area contributed by atoms with Crippen LogP contribution < -0.4 is 10.2 Å². The summed E-state index contributed by atoms with van der Waals surface area (Å²) in [6.45, 7) is 4.25. The van der Waals surface area contributed by atoms with Gasteiger partial charge in [0.2, 0.25) is 5.95 Å². The van der Waals surface area contributed by atoms with Gasteiger partial charge in [0, 0.05) is 24.3 Å². The zero-order valence-corrected chi connectivity index (χ0v) is 17.5. The number of H-pyrrole nitrogens is 1. The highest BCUT2D eigenvalue weighted by Gasteiger charge is 2.16. The molecule has 5 heteroatoms.